The van der Waals surface area contributed by atoms with Crippen LogP contribution >= 0.6 is 0 Å². The van der Waals surface area contributed by atoms with Crippen molar-refractivity contribution in [1.29, 1.82) is 0 Å². The molecule has 0 saturated heterocycles. The molecule has 0 fully saturated rings. The lowest BCUT2D eigenvalue weighted by atomic mass is 9.99. The summed E-state index contributed by atoms with van der Waals surface area (Å²) in [5.41, 5.74) is 1.32. The first-order valence-corrected chi connectivity index (χ1v) is 6.99. The second-order valence-electron chi connectivity index (χ2n) is 5.44. The van der Waals surface area contributed by atoms with E-state index in [1.165, 1.54) is 16.3 Å². The highest BCUT2D eigenvalue weighted by molar-refractivity contribution is 5.86. The van der Waals surface area contributed by atoms with Crippen LogP contribution in [0.4, 0.5) is 0 Å². The Morgan fingerprint density at radius 2 is 1.68 bits per heavy atom. The number of nitrogens with one attached hydrogen (secondary N) is 1. The van der Waals surface area contributed by atoms with Crippen LogP contribution in [0, 0.1) is 0 Å². The van der Waals surface area contributed by atoms with Gasteiger partial charge in [-0.15, -0.1) is 0 Å². The van der Waals surface area contributed by atoms with Crippen LogP contribution in [0.25, 0.3) is 10.8 Å². The third-order valence-electron chi connectivity index (χ3n) is 3.52. The number of aliphatic hydroxyl groups excluding tert-OH is 1. The van der Waals surface area contributed by atoms with Crippen LogP contribution in [0.2, 0.25) is 0 Å². The molecule has 3 atom stereocenters. The molecule has 0 saturated carbocycles. The smallest absolute Gasteiger partial charge is 0.0526 e. The Kier molecular flexibility index (Phi) is 4.56. The van der Waals surface area contributed by atoms with Gasteiger partial charge in [0.25, 0.3) is 0 Å². The van der Waals surface area contributed by atoms with Gasteiger partial charge in [0, 0.05) is 12.1 Å². The first kappa shape index (κ1) is 14.0. The molecule has 2 aromatic carbocycles. The van der Waals surface area contributed by atoms with Crippen LogP contribution in [0.15, 0.2) is 42.5 Å². The molecule has 2 heteroatoms. The highest BCUT2D eigenvalue weighted by atomic mass is 16.3. The zero-order valence-corrected chi connectivity index (χ0v) is 11.9. The maximum atomic E-state index is 9.44. The van der Waals surface area contributed by atoms with Gasteiger partial charge < -0.3 is 10.4 Å². The van der Waals surface area contributed by atoms with Crippen molar-refractivity contribution < 1.29 is 5.11 Å². The van der Waals surface area contributed by atoms with Gasteiger partial charge in [0.2, 0.25) is 0 Å². The summed E-state index contributed by atoms with van der Waals surface area (Å²) < 4.78 is 0. The Morgan fingerprint density at radius 1 is 1.00 bits per heavy atom. The van der Waals surface area contributed by atoms with Gasteiger partial charge in [-0.2, -0.15) is 0 Å². The maximum Gasteiger partial charge on any atom is 0.0526 e. The Bertz CT molecular complexity index is 530. The Balaban J connectivity index is 2.19. The van der Waals surface area contributed by atoms with E-state index < -0.39 is 0 Å². The van der Waals surface area contributed by atoms with Gasteiger partial charge in [-0.1, -0.05) is 42.5 Å². The van der Waals surface area contributed by atoms with E-state index in [-0.39, 0.29) is 12.1 Å². The topological polar surface area (TPSA) is 32.3 Å². The predicted molar refractivity (Wildman–Crippen MR) is 81.3 cm³/mol. The largest absolute Gasteiger partial charge is 0.393 e. The summed E-state index contributed by atoms with van der Waals surface area (Å²) in [6, 6.07) is 15.5. The molecule has 2 rings (SSSR count). The molecule has 0 aliphatic rings. The zero-order valence-electron chi connectivity index (χ0n) is 11.9. The highest BCUT2D eigenvalue weighted by Crippen LogP contribution is 2.24. The van der Waals surface area contributed by atoms with Crippen LogP contribution in [0.3, 0.4) is 0 Å². The number of benzene rings is 2. The fourth-order valence-electron chi connectivity index (χ4n) is 2.72. The normalized spacial score (nSPS) is 16.2. The first-order chi connectivity index (χ1) is 9.08. The fraction of sp³-hybridized carbons (Fsp3) is 0.412. The minimum absolute atomic E-state index is 0.262. The summed E-state index contributed by atoms with van der Waals surface area (Å²) >= 11 is 0. The molecule has 19 heavy (non-hydrogen) atoms. The van der Waals surface area contributed by atoms with Crippen molar-refractivity contribution in [3.05, 3.63) is 48.0 Å². The summed E-state index contributed by atoms with van der Waals surface area (Å²) in [6.45, 7) is 6.13. The minimum atomic E-state index is -0.262. The van der Waals surface area contributed by atoms with Gasteiger partial charge in [-0.05, 0) is 43.5 Å². The molecule has 0 amide bonds. The average Bonchev–Trinajstić information content (AvgIpc) is 2.36. The summed E-state index contributed by atoms with van der Waals surface area (Å²) in [6.07, 6.45) is 0.511. The van der Waals surface area contributed by atoms with E-state index in [1.807, 2.05) is 6.92 Å². The van der Waals surface area contributed by atoms with Crippen molar-refractivity contribution in [2.45, 2.75) is 45.4 Å². The van der Waals surface area contributed by atoms with Crippen LogP contribution in [-0.4, -0.2) is 17.3 Å². The lowest BCUT2D eigenvalue weighted by Crippen LogP contribution is -2.31. The second kappa shape index (κ2) is 6.18. The second-order valence-corrected chi connectivity index (χ2v) is 5.44. The van der Waals surface area contributed by atoms with E-state index in [4.69, 9.17) is 0 Å². The lowest BCUT2D eigenvalue weighted by Gasteiger charge is -2.22. The van der Waals surface area contributed by atoms with E-state index in [9.17, 15) is 5.11 Å². The van der Waals surface area contributed by atoms with Gasteiger partial charge in [0.1, 0.15) is 0 Å². The van der Waals surface area contributed by atoms with Crippen LogP contribution in [0.5, 0.6) is 0 Å². The molecular formula is C17H23NO. The minimum Gasteiger partial charge on any atom is -0.393 e. The van der Waals surface area contributed by atoms with Crippen molar-refractivity contribution in [1.82, 2.24) is 5.32 Å². The Morgan fingerprint density at radius 3 is 2.42 bits per heavy atom. The van der Waals surface area contributed by atoms with Crippen LogP contribution in [0.1, 0.15) is 38.8 Å². The lowest BCUT2D eigenvalue weighted by molar-refractivity contribution is 0.168. The van der Waals surface area contributed by atoms with E-state index in [0.717, 1.165) is 6.42 Å². The molecule has 0 aliphatic heterocycles. The van der Waals surface area contributed by atoms with Crippen LogP contribution in [-0.2, 0) is 0 Å². The number of hydrogen-bond donors (Lipinski definition) is 2. The zero-order chi connectivity index (χ0) is 13.8. The summed E-state index contributed by atoms with van der Waals surface area (Å²) in [4.78, 5) is 0. The van der Waals surface area contributed by atoms with Gasteiger partial charge in [0.05, 0.1) is 6.10 Å². The fourth-order valence-corrected chi connectivity index (χ4v) is 2.72. The summed E-state index contributed by atoms with van der Waals surface area (Å²) in [7, 11) is 0. The van der Waals surface area contributed by atoms with E-state index in [2.05, 4.69) is 61.6 Å². The molecule has 2 aromatic rings. The van der Waals surface area contributed by atoms with Crippen molar-refractivity contribution >= 4 is 10.8 Å². The molecule has 0 heterocycles. The van der Waals surface area contributed by atoms with Gasteiger partial charge in [-0.25, -0.2) is 0 Å². The predicted octanol–water partition coefficient (Wildman–Crippen LogP) is 3.65. The third-order valence-corrected chi connectivity index (χ3v) is 3.52. The first-order valence-electron chi connectivity index (χ1n) is 6.99. The van der Waals surface area contributed by atoms with E-state index in [0.29, 0.717) is 6.04 Å². The van der Waals surface area contributed by atoms with Gasteiger partial charge >= 0.3 is 0 Å². The van der Waals surface area contributed by atoms with Crippen molar-refractivity contribution in [2.75, 3.05) is 0 Å². The number of aliphatic hydroxyl groups is 1. The monoisotopic (exact) mass is 257 g/mol. The van der Waals surface area contributed by atoms with Gasteiger partial charge in [0.15, 0.2) is 0 Å². The van der Waals surface area contributed by atoms with E-state index in [1.54, 1.807) is 0 Å². The molecule has 2 N–H and O–H groups in total. The maximum absolute atomic E-state index is 9.44. The molecule has 0 bridgehead atoms. The number of rotatable bonds is 5. The molecule has 0 spiro atoms. The third kappa shape index (κ3) is 3.55. The Labute approximate surface area is 115 Å². The standard InChI is InChI=1S/C17H23NO/c1-12(11-13(2)19)18-14(3)16-10-6-8-15-7-4-5-9-17(15)16/h4-10,12-14,18-19H,11H2,1-3H3. The molecule has 0 aliphatic carbocycles. The average molecular weight is 257 g/mol. The molecule has 102 valence electrons. The van der Waals surface area contributed by atoms with Crippen LogP contribution < -0.4 is 5.32 Å². The van der Waals surface area contributed by atoms with Crippen molar-refractivity contribution in [3.8, 4) is 0 Å². The molecule has 0 radical (unpaired) electrons. The molecular weight excluding hydrogens is 234 g/mol. The summed E-state index contributed by atoms with van der Waals surface area (Å²) in [5.74, 6) is 0. The quantitative estimate of drug-likeness (QED) is 0.857. The van der Waals surface area contributed by atoms with Crippen molar-refractivity contribution in [2.24, 2.45) is 0 Å². The Hall–Kier alpha value is -1.38. The van der Waals surface area contributed by atoms with E-state index >= 15 is 0 Å². The molecule has 2 nitrogen and oxygen atoms in total. The number of fused-ring (bicyclic) bond motifs is 1. The SMILES string of the molecule is CC(O)CC(C)NC(C)c1cccc2ccccc12. The summed E-state index contributed by atoms with van der Waals surface area (Å²) in [5, 5.41) is 15.6. The molecule has 0 aromatic heterocycles. The van der Waals surface area contributed by atoms with Crippen molar-refractivity contribution in [3.63, 3.8) is 0 Å². The molecule has 3 unspecified atom stereocenters. The number of hydrogen-bond acceptors (Lipinski definition) is 2. The van der Waals surface area contributed by atoms with Gasteiger partial charge in [-0.3, -0.25) is 0 Å². The highest BCUT2D eigenvalue weighted by Gasteiger charge is 2.13.